The minimum absolute atomic E-state index is 0.0260. The summed E-state index contributed by atoms with van der Waals surface area (Å²) in [6.07, 6.45) is 3.00. The second kappa shape index (κ2) is 29.5. The van der Waals surface area contributed by atoms with Gasteiger partial charge >= 0.3 is 6.09 Å². The fourth-order valence-electron chi connectivity index (χ4n) is 10.5. The summed E-state index contributed by atoms with van der Waals surface area (Å²) in [7, 11) is 0. The number of nitrogens with two attached hydrogens (primary N) is 1. The van der Waals surface area contributed by atoms with Gasteiger partial charge in [0.2, 0.25) is 47.3 Å². The number of hydrogen-bond acceptors (Lipinski definition) is 14. The molecule has 2 unspecified atom stereocenters. The number of carbonyl (C=O) groups is 9. The number of carbonyl (C=O) groups excluding carboxylic acids is 9. The number of aliphatic hydroxyl groups is 1. The second-order valence-corrected chi connectivity index (χ2v) is 26.7. The Kier molecular flexibility index (Phi) is 23.3. The average Bonchev–Trinajstić information content (AvgIpc) is 1.39. The van der Waals surface area contributed by atoms with Crippen molar-refractivity contribution in [3.8, 4) is 0 Å². The van der Waals surface area contributed by atoms with Crippen molar-refractivity contribution in [2.24, 2.45) is 17.6 Å². The first-order chi connectivity index (χ1) is 40.4. The van der Waals surface area contributed by atoms with Gasteiger partial charge in [-0.05, 0) is 161 Å². The summed E-state index contributed by atoms with van der Waals surface area (Å²) in [5, 5.41) is 29.4. The molecule has 468 valence electrons. The van der Waals surface area contributed by atoms with Crippen molar-refractivity contribution in [3.05, 3.63) is 92.3 Å². The van der Waals surface area contributed by atoms with Crippen LogP contribution in [0.5, 0.6) is 0 Å². The third-order valence-corrected chi connectivity index (χ3v) is 16.0. The van der Waals surface area contributed by atoms with Gasteiger partial charge < -0.3 is 61.8 Å². The van der Waals surface area contributed by atoms with Crippen LogP contribution in [0.25, 0.3) is 0 Å². The van der Waals surface area contributed by atoms with Gasteiger partial charge in [0.1, 0.15) is 35.3 Å². The maximum Gasteiger partial charge on any atom is 0.408 e. The predicted molar refractivity (Wildman–Crippen MR) is 336 cm³/mol. The summed E-state index contributed by atoms with van der Waals surface area (Å²) in [4.78, 5) is 126. The Balaban J connectivity index is 0.000000266. The zero-order valence-corrected chi connectivity index (χ0v) is 53.4. The number of alkyl carbamates (subject to hydrolysis) is 1. The molecule has 0 spiro atoms. The highest BCUT2D eigenvalue weighted by molar-refractivity contribution is 7.08. The summed E-state index contributed by atoms with van der Waals surface area (Å²) in [5.41, 5.74) is 9.17. The Morgan fingerprint density at radius 3 is 1.40 bits per heavy atom. The predicted octanol–water partition coefficient (Wildman–Crippen LogP) is 7.00. The third kappa shape index (κ3) is 17.9. The van der Waals surface area contributed by atoms with Gasteiger partial charge in [-0.2, -0.15) is 22.7 Å². The molecule has 0 aliphatic carbocycles. The van der Waals surface area contributed by atoms with Crippen molar-refractivity contribution in [1.82, 2.24) is 26.6 Å². The number of thiophene rings is 2. The zero-order chi connectivity index (χ0) is 63.4. The number of para-hydroxylation sites is 2. The topological polar surface area (TPSA) is 282 Å². The fraction of sp³-hybridized carbons (Fsp3) is 0.540. The van der Waals surface area contributed by atoms with Crippen LogP contribution in [0.2, 0.25) is 0 Å². The summed E-state index contributed by atoms with van der Waals surface area (Å²) >= 11 is 3.08. The molecule has 9 amide bonds. The first kappa shape index (κ1) is 67.9. The molecule has 2 fully saturated rings. The van der Waals surface area contributed by atoms with Gasteiger partial charge in [0, 0.05) is 45.4 Å². The van der Waals surface area contributed by atoms with Crippen LogP contribution < -0.4 is 51.9 Å². The van der Waals surface area contributed by atoms with E-state index in [1.807, 2.05) is 97.7 Å². The highest BCUT2D eigenvalue weighted by Crippen LogP contribution is 2.42. The van der Waals surface area contributed by atoms with E-state index >= 15 is 0 Å². The largest absolute Gasteiger partial charge is 0.444 e. The lowest BCUT2D eigenvalue weighted by molar-refractivity contribution is -0.133. The Hall–Kier alpha value is -7.21. The molecule has 6 heterocycles. The van der Waals surface area contributed by atoms with Crippen molar-refractivity contribution in [3.63, 3.8) is 0 Å². The van der Waals surface area contributed by atoms with E-state index in [1.54, 1.807) is 72.5 Å². The summed E-state index contributed by atoms with van der Waals surface area (Å²) in [6.45, 7) is 22.9. The standard InChI is InChI=1S/C33H45N5O6S.C28H37N5O4S.C2H6O/c1-20(2)16-23(35-30(42)33(6,7)36-31(43)44-32(3,4)5)28(40)34-24-17-22-10-8-11-25(37-14-9-12-26(37)39)27(22)38(29(24)41)18-21-13-15-45-19-21;1-17(2)13-20(31-27(37)28(3,4)29)25(35)30-21-14-19-7-5-8-22(32-11-6-9-23(32)34)24(19)33(26(21)36)15-18-10-12-38-16-18;1-2-3/h8,10-11,13,15,19-20,23-24H,9,12,14,16-18H2,1-7H3,(H,34,40)(H,35,42)(H,36,43);5,7-8,10,12,16-17,20-21H,6,9,11,13-15,29H2,1-4H3,(H,30,35)(H,31,37);3H,2H2,1H3/t23-,24?;20-,21?;/m11./s1. The lowest BCUT2D eigenvalue weighted by Crippen LogP contribution is -2.61. The first-order valence-electron chi connectivity index (χ1n) is 29.6. The van der Waals surface area contributed by atoms with Crippen LogP contribution >= 0.6 is 22.7 Å². The first-order valence-corrected chi connectivity index (χ1v) is 31.4. The fourth-order valence-corrected chi connectivity index (χ4v) is 11.8. The van der Waals surface area contributed by atoms with Crippen molar-refractivity contribution in [2.75, 3.05) is 39.3 Å². The summed E-state index contributed by atoms with van der Waals surface area (Å²) in [6, 6.07) is 11.8. The van der Waals surface area contributed by atoms with Crippen LogP contribution in [-0.4, -0.2) is 119 Å². The molecule has 2 saturated heterocycles. The molecule has 4 aliphatic heterocycles. The van der Waals surface area contributed by atoms with Gasteiger partial charge in [-0.1, -0.05) is 52.0 Å². The highest BCUT2D eigenvalue weighted by atomic mass is 32.1. The molecule has 4 aromatic rings. The zero-order valence-electron chi connectivity index (χ0n) is 51.8. The van der Waals surface area contributed by atoms with Crippen LogP contribution in [0.15, 0.2) is 70.1 Å². The van der Waals surface area contributed by atoms with E-state index in [2.05, 4.69) is 26.6 Å². The van der Waals surface area contributed by atoms with E-state index in [0.717, 1.165) is 46.5 Å². The number of fused-ring (bicyclic) bond motifs is 2. The Morgan fingerprint density at radius 1 is 0.651 bits per heavy atom. The Morgan fingerprint density at radius 2 is 1.06 bits per heavy atom. The lowest BCUT2D eigenvalue weighted by Gasteiger charge is -2.38. The summed E-state index contributed by atoms with van der Waals surface area (Å²) < 4.78 is 5.30. The molecular weight excluding hydrogens is 1140 g/mol. The molecule has 0 radical (unpaired) electrons. The SMILES string of the molecule is CC(C)C[C@@H](NC(=O)C(C)(C)N)C(=O)NC1Cc2cccc(N3CCCC3=O)c2N(Cc2ccsc2)C1=O.CC(C)C[C@@H](NC(=O)C(C)(C)NC(=O)OC(C)(C)C)C(=O)NC1Cc2cccc(N3CCCC3=O)c2N(Cc2ccsc2)C1=O.CCO. The van der Waals surface area contributed by atoms with Gasteiger partial charge in [0.15, 0.2) is 0 Å². The number of ether oxygens (including phenoxy) is 1. The molecule has 4 aliphatic rings. The molecule has 23 heteroatoms. The van der Waals surface area contributed by atoms with Gasteiger partial charge in [0.25, 0.3) is 0 Å². The van der Waals surface area contributed by atoms with E-state index in [-0.39, 0.29) is 55.0 Å². The minimum Gasteiger partial charge on any atom is -0.444 e. The van der Waals surface area contributed by atoms with Crippen molar-refractivity contribution in [2.45, 2.75) is 188 Å². The Labute approximate surface area is 513 Å². The molecule has 8 N–H and O–H groups in total. The molecule has 0 saturated carbocycles. The number of benzene rings is 2. The van der Waals surface area contributed by atoms with Crippen LogP contribution in [0.1, 0.15) is 144 Å². The molecule has 21 nitrogen and oxygen atoms in total. The smallest absolute Gasteiger partial charge is 0.408 e. The maximum absolute atomic E-state index is 14.1. The van der Waals surface area contributed by atoms with Gasteiger partial charge in [-0.3, -0.25) is 38.4 Å². The number of amides is 9. The van der Waals surface area contributed by atoms with E-state index in [1.165, 1.54) is 25.2 Å². The normalized spacial score (nSPS) is 17.6. The maximum atomic E-state index is 14.1. The van der Waals surface area contributed by atoms with E-state index in [4.69, 9.17) is 15.6 Å². The molecule has 4 atom stereocenters. The number of hydrogen-bond donors (Lipinski definition) is 7. The molecule has 2 aromatic heterocycles. The van der Waals surface area contributed by atoms with E-state index < -0.39 is 70.6 Å². The average molecular weight is 1230 g/mol. The molecule has 8 rings (SSSR count). The molecule has 2 aromatic carbocycles. The van der Waals surface area contributed by atoms with Crippen molar-refractivity contribution in [1.29, 1.82) is 0 Å². The van der Waals surface area contributed by atoms with Crippen LogP contribution in [-0.2, 0) is 69.0 Å². The van der Waals surface area contributed by atoms with Crippen LogP contribution in [0, 0.1) is 11.8 Å². The third-order valence-electron chi connectivity index (χ3n) is 14.5. The van der Waals surface area contributed by atoms with Gasteiger partial charge in [-0.15, -0.1) is 0 Å². The number of rotatable bonds is 19. The number of aliphatic hydroxyl groups excluding tert-OH is 1. The number of anilines is 4. The monoisotopic (exact) mass is 1220 g/mol. The second-order valence-electron chi connectivity index (χ2n) is 25.1. The van der Waals surface area contributed by atoms with Gasteiger partial charge in [0.05, 0.1) is 41.4 Å². The van der Waals surface area contributed by atoms with E-state index in [0.29, 0.717) is 63.1 Å². The number of nitrogens with zero attached hydrogens (tertiary/aromatic N) is 4. The van der Waals surface area contributed by atoms with Crippen LogP contribution in [0.4, 0.5) is 27.5 Å². The van der Waals surface area contributed by atoms with Crippen LogP contribution in [0.3, 0.4) is 0 Å². The number of nitrogens with one attached hydrogen (secondary N) is 5. The van der Waals surface area contributed by atoms with Gasteiger partial charge in [-0.25, -0.2) is 4.79 Å². The van der Waals surface area contributed by atoms with E-state index in [9.17, 15) is 43.2 Å². The quantitative estimate of drug-likeness (QED) is 0.0500. The minimum atomic E-state index is -1.38. The Bertz CT molecular complexity index is 3060. The summed E-state index contributed by atoms with van der Waals surface area (Å²) in [5.74, 6) is -2.19. The molecule has 86 heavy (non-hydrogen) atoms. The van der Waals surface area contributed by atoms with Crippen molar-refractivity contribution >= 4 is 98.8 Å². The molecule has 0 bridgehead atoms. The lowest BCUT2D eigenvalue weighted by atomic mass is 9.94. The highest BCUT2D eigenvalue weighted by Gasteiger charge is 2.42. The molecular formula is C63H88N10O11S2. The van der Waals surface area contributed by atoms with Crippen molar-refractivity contribution < 1.29 is 53.0 Å².